The SMILES string of the molecule is CCOC1(NC(=O)N(C)C)[C@H]2CCCC[C@@H]21. The van der Waals surface area contributed by atoms with Crippen LogP contribution in [0.5, 0.6) is 0 Å². The van der Waals surface area contributed by atoms with Crippen LogP contribution < -0.4 is 5.32 Å². The fourth-order valence-corrected chi connectivity index (χ4v) is 3.02. The number of hydrogen-bond acceptors (Lipinski definition) is 2. The van der Waals surface area contributed by atoms with E-state index in [0.29, 0.717) is 18.4 Å². The van der Waals surface area contributed by atoms with Gasteiger partial charge in [-0.1, -0.05) is 12.8 Å². The molecular formula is C12H22N2O2. The maximum absolute atomic E-state index is 11.8. The molecular weight excluding hydrogens is 204 g/mol. The highest BCUT2D eigenvalue weighted by Gasteiger charge is 2.67. The van der Waals surface area contributed by atoms with Gasteiger partial charge in [-0.3, -0.25) is 0 Å². The highest BCUT2D eigenvalue weighted by molar-refractivity contribution is 5.75. The lowest BCUT2D eigenvalue weighted by atomic mass is 10.0. The molecule has 0 heterocycles. The Morgan fingerprint density at radius 3 is 2.38 bits per heavy atom. The van der Waals surface area contributed by atoms with E-state index in [1.165, 1.54) is 25.7 Å². The second kappa shape index (κ2) is 4.24. The fourth-order valence-electron chi connectivity index (χ4n) is 3.02. The molecule has 1 N–H and O–H groups in total. The molecule has 0 unspecified atom stereocenters. The molecule has 92 valence electrons. The number of carbonyl (C=O) groups is 1. The highest BCUT2D eigenvalue weighted by Crippen LogP contribution is 2.59. The monoisotopic (exact) mass is 226 g/mol. The van der Waals surface area contributed by atoms with Gasteiger partial charge in [0.25, 0.3) is 0 Å². The molecule has 0 aromatic carbocycles. The second-order valence-corrected chi connectivity index (χ2v) is 5.05. The van der Waals surface area contributed by atoms with Crippen molar-refractivity contribution in [2.24, 2.45) is 11.8 Å². The summed E-state index contributed by atoms with van der Waals surface area (Å²) in [7, 11) is 3.53. The lowest BCUT2D eigenvalue weighted by molar-refractivity contribution is 0.000220. The van der Waals surface area contributed by atoms with Gasteiger partial charge in [-0.25, -0.2) is 4.79 Å². The molecule has 0 aliphatic heterocycles. The molecule has 0 bridgehead atoms. The van der Waals surface area contributed by atoms with Crippen LogP contribution >= 0.6 is 0 Å². The van der Waals surface area contributed by atoms with Crippen molar-refractivity contribution in [3.8, 4) is 0 Å². The van der Waals surface area contributed by atoms with Crippen LogP contribution in [0.25, 0.3) is 0 Å². The van der Waals surface area contributed by atoms with Crippen LogP contribution in [-0.4, -0.2) is 37.4 Å². The van der Waals surface area contributed by atoms with E-state index >= 15 is 0 Å². The number of ether oxygens (including phenoxy) is 1. The molecule has 2 saturated carbocycles. The maximum atomic E-state index is 11.8. The quantitative estimate of drug-likeness (QED) is 0.746. The Balaban J connectivity index is 2.03. The molecule has 0 aromatic rings. The van der Waals surface area contributed by atoms with Crippen LogP contribution in [0, 0.1) is 11.8 Å². The summed E-state index contributed by atoms with van der Waals surface area (Å²) in [4.78, 5) is 13.3. The van der Waals surface area contributed by atoms with Gasteiger partial charge in [0.2, 0.25) is 0 Å². The van der Waals surface area contributed by atoms with Crippen molar-refractivity contribution >= 4 is 6.03 Å². The molecule has 4 heteroatoms. The lowest BCUT2D eigenvalue weighted by Crippen LogP contribution is -2.46. The van der Waals surface area contributed by atoms with Crippen LogP contribution in [0.3, 0.4) is 0 Å². The van der Waals surface area contributed by atoms with Gasteiger partial charge in [-0.15, -0.1) is 0 Å². The van der Waals surface area contributed by atoms with Crippen LogP contribution in [0.15, 0.2) is 0 Å². The van der Waals surface area contributed by atoms with Crippen molar-refractivity contribution in [2.45, 2.75) is 38.3 Å². The van der Waals surface area contributed by atoms with Gasteiger partial charge in [0, 0.05) is 32.5 Å². The third-order valence-corrected chi connectivity index (χ3v) is 3.85. The van der Waals surface area contributed by atoms with E-state index < -0.39 is 0 Å². The van der Waals surface area contributed by atoms with Gasteiger partial charge >= 0.3 is 6.03 Å². The van der Waals surface area contributed by atoms with E-state index in [9.17, 15) is 4.79 Å². The fraction of sp³-hybridized carbons (Fsp3) is 0.917. The average Bonchev–Trinajstić information content (AvgIpc) is 2.87. The van der Waals surface area contributed by atoms with Gasteiger partial charge in [-0.05, 0) is 19.8 Å². The van der Waals surface area contributed by atoms with Crippen LogP contribution in [0.4, 0.5) is 4.79 Å². The van der Waals surface area contributed by atoms with Crippen molar-refractivity contribution in [3.63, 3.8) is 0 Å². The molecule has 2 fully saturated rings. The van der Waals surface area contributed by atoms with E-state index in [-0.39, 0.29) is 11.8 Å². The Hall–Kier alpha value is -0.770. The average molecular weight is 226 g/mol. The minimum absolute atomic E-state index is 0.0390. The Morgan fingerprint density at radius 2 is 1.94 bits per heavy atom. The molecule has 0 saturated heterocycles. The molecule has 2 rings (SSSR count). The van der Waals surface area contributed by atoms with Gasteiger partial charge in [-0.2, -0.15) is 0 Å². The first kappa shape index (κ1) is 11.7. The number of nitrogens with one attached hydrogen (secondary N) is 1. The number of amides is 2. The number of rotatable bonds is 3. The van der Waals surface area contributed by atoms with Crippen molar-refractivity contribution < 1.29 is 9.53 Å². The third-order valence-electron chi connectivity index (χ3n) is 3.85. The predicted molar refractivity (Wildman–Crippen MR) is 62.0 cm³/mol. The Bertz CT molecular complexity index is 266. The van der Waals surface area contributed by atoms with E-state index in [1.54, 1.807) is 19.0 Å². The summed E-state index contributed by atoms with van der Waals surface area (Å²) in [6.07, 6.45) is 4.93. The highest BCUT2D eigenvalue weighted by atomic mass is 16.5. The first-order chi connectivity index (χ1) is 7.62. The zero-order valence-corrected chi connectivity index (χ0v) is 10.5. The first-order valence-corrected chi connectivity index (χ1v) is 6.25. The summed E-state index contributed by atoms with van der Waals surface area (Å²) in [6, 6.07) is -0.0390. The van der Waals surface area contributed by atoms with Crippen LogP contribution in [-0.2, 0) is 4.74 Å². The van der Waals surface area contributed by atoms with Crippen LogP contribution in [0.1, 0.15) is 32.6 Å². The largest absolute Gasteiger partial charge is 0.355 e. The first-order valence-electron chi connectivity index (χ1n) is 6.25. The van der Waals surface area contributed by atoms with E-state index in [2.05, 4.69) is 5.32 Å². The Morgan fingerprint density at radius 1 is 1.38 bits per heavy atom. The number of urea groups is 1. The smallest absolute Gasteiger partial charge is 0.319 e. The number of hydrogen-bond donors (Lipinski definition) is 1. The molecule has 2 aliphatic carbocycles. The predicted octanol–water partition coefficient (Wildman–Crippen LogP) is 1.81. The molecule has 4 nitrogen and oxygen atoms in total. The molecule has 2 amide bonds. The van der Waals surface area contributed by atoms with Crippen molar-refractivity contribution in [2.75, 3.05) is 20.7 Å². The Kier molecular flexibility index (Phi) is 3.10. The number of carbonyl (C=O) groups excluding carboxylic acids is 1. The molecule has 0 radical (unpaired) electrons. The van der Waals surface area contributed by atoms with E-state index in [0.717, 1.165) is 0 Å². The molecule has 0 aromatic heterocycles. The standard InChI is InChI=1S/C12H22N2O2/c1-4-16-12(13-11(15)14(2)3)9-7-5-6-8-10(9)12/h9-10H,4-8H2,1-3H3,(H,13,15)/t9-,10-/m0/s1. The maximum Gasteiger partial charge on any atom is 0.319 e. The lowest BCUT2D eigenvalue weighted by Gasteiger charge is -2.22. The summed E-state index contributed by atoms with van der Waals surface area (Å²) in [5.74, 6) is 1.09. The molecule has 2 aliphatic rings. The summed E-state index contributed by atoms with van der Waals surface area (Å²) in [6.45, 7) is 2.66. The van der Waals surface area contributed by atoms with Gasteiger partial charge in [0.05, 0.1) is 0 Å². The summed E-state index contributed by atoms with van der Waals surface area (Å²) >= 11 is 0. The summed E-state index contributed by atoms with van der Waals surface area (Å²) in [5.41, 5.74) is -0.341. The van der Waals surface area contributed by atoms with E-state index in [4.69, 9.17) is 4.74 Å². The van der Waals surface area contributed by atoms with E-state index in [1.807, 2.05) is 6.92 Å². The third kappa shape index (κ3) is 1.79. The number of fused-ring (bicyclic) bond motifs is 1. The summed E-state index contributed by atoms with van der Waals surface area (Å²) < 4.78 is 5.85. The van der Waals surface area contributed by atoms with Gasteiger partial charge in [0.1, 0.15) is 5.72 Å². The second-order valence-electron chi connectivity index (χ2n) is 5.05. The minimum atomic E-state index is -0.341. The normalized spacial score (nSPS) is 36.4. The Labute approximate surface area is 97.3 Å². The summed E-state index contributed by atoms with van der Waals surface area (Å²) in [5, 5.41) is 3.07. The molecule has 16 heavy (non-hydrogen) atoms. The van der Waals surface area contributed by atoms with Crippen LogP contribution in [0.2, 0.25) is 0 Å². The van der Waals surface area contributed by atoms with Crippen molar-refractivity contribution in [1.29, 1.82) is 0 Å². The zero-order chi connectivity index (χ0) is 11.8. The minimum Gasteiger partial charge on any atom is -0.355 e. The van der Waals surface area contributed by atoms with Crippen molar-refractivity contribution in [3.05, 3.63) is 0 Å². The van der Waals surface area contributed by atoms with Crippen molar-refractivity contribution in [1.82, 2.24) is 10.2 Å². The molecule has 2 atom stereocenters. The number of nitrogens with zero attached hydrogens (tertiary/aromatic N) is 1. The molecule has 0 spiro atoms. The van der Waals surface area contributed by atoms with Gasteiger partial charge < -0.3 is 15.0 Å². The topological polar surface area (TPSA) is 41.6 Å². The van der Waals surface area contributed by atoms with Gasteiger partial charge in [0.15, 0.2) is 0 Å². The zero-order valence-electron chi connectivity index (χ0n) is 10.5.